The summed E-state index contributed by atoms with van der Waals surface area (Å²) in [5.41, 5.74) is 4.92. The van der Waals surface area contributed by atoms with Crippen molar-refractivity contribution in [2.45, 2.75) is 13.0 Å². The zero-order valence-electron chi connectivity index (χ0n) is 7.21. The maximum Gasteiger partial charge on any atom is 0.336 e. The van der Waals surface area contributed by atoms with Gasteiger partial charge in [0.2, 0.25) is 0 Å². The van der Waals surface area contributed by atoms with Gasteiger partial charge in [-0.25, -0.2) is 13.6 Å². The maximum atomic E-state index is 12.3. The Labute approximate surface area is 79.2 Å². The van der Waals surface area contributed by atoms with Crippen molar-refractivity contribution in [1.82, 2.24) is 0 Å². The minimum Gasteiger partial charge on any atom is -0.478 e. The molecular weight excluding hydrogens is 192 g/mol. The first-order valence-corrected chi connectivity index (χ1v) is 3.90. The summed E-state index contributed by atoms with van der Waals surface area (Å²) in [7, 11) is 0. The Hall–Kier alpha value is -1.49. The fraction of sp³-hybridized carbons (Fsp3) is 0.222. The summed E-state index contributed by atoms with van der Waals surface area (Å²) < 4.78 is 24.7. The van der Waals surface area contributed by atoms with E-state index in [1.165, 1.54) is 12.1 Å². The smallest absolute Gasteiger partial charge is 0.336 e. The van der Waals surface area contributed by atoms with E-state index >= 15 is 0 Å². The summed E-state index contributed by atoms with van der Waals surface area (Å²) in [5, 5.41) is 8.66. The molecule has 0 spiro atoms. The molecule has 0 aliphatic carbocycles. The molecule has 76 valence electrons. The molecule has 14 heavy (non-hydrogen) atoms. The number of carbonyl (C=O) groups is 1. The van der Waals surface area contributed by atoms with Gasteiger partial charge in [-0.1, -0.05) is 12.1 Å². The average Bonchev–Trinajstić information content (AvgIpc) is 2.16. The molecule has 0 atom stereocenters. The number of halogens is 2. The van der Waals surface area contributed by atoms with Crippen LogP contribution >= 0.6 is 0 Å². The molecule has 3 nitrogen and oxygen atoms in total. The Bertz CT molecular complexity index is 353. The Morgan fingerprint density at radius 2 is 2.14 bits per heavy atom. The van der Waals surface area contributed by atoms with E-state index in [4.69, 9.17) is 10.8 Å². The van der Waals surface area contributed by atoms with E-state index < -0.39 is 18.0 Å². The molecule has 0 bridgehead atoms. The van der Waals surface area contributed by atoms with Crippen LogP contribution in [0.15, 0.2) is 18.2 Å². The summed E-state index contributed by atoms with van der Waals surface area (Å²) in [5.74, 6) is -1.37. The summed E-state index contributed by atoms with van der Waals surface area (Å²) in [4.78, 5) is 10.6. The van der Waals surface area contributed by atoms with E-state index in [2.05, 4.69) is 0 Å². The molecule has 0 saturated carbocycles. The number of carboxylic acids is 1. The molecule has 1 aromatic carbocycles. The minimum absolute atomic E-state index is 0.129. The fourth-order valence-electron chi connectivity index (χ4n) is 1.11. The van der Waals surface area contributed by atoms with Crippen molar-refractivity contribution >= 4 is 5.97 Å². The highest BCUT2D eigenvalue weighted by atomic mass is 19.3. The van der Waals surface area contributed by atoms with Crippen LogP contribution in [0.3, 0.4) is 0 Å². The number of benzene rings is 1. The zero-order chi connectivity index (χ0) is 10.7. The maximum absolute atomic E-state index is 12.3. The van der Waals surface area contributed by atoms with Gasteiger partial charge in [0.25, 0.3) is 6.43 Å². The molecule has 0 aromatic heterocycles. The van der Waals surface area contributed by atoms with Gasteiger partial charge in [0.05, 0.1) is 5.56 Å². The molecule has 0 aliphatic rings. The molecule has 1 rings (SSSR count). The molecule has 0 radical (unpaired) electrons. The number of alkyl halides is 2. The van der Waals surface area contributed by atoms with Gasteiger partial charge in [-0.05, 0) is 11.6 Å². The summed E-state index contributed by atoms with van der Waals surface area (Å²) in [6, 6.07) is 3.66. The Morgan fingerprint density at radius 3 is 2.57 bits per heavy atom. The van der Waals surface area contributed by atoms with Crippen LogP contribution in [0.5, 0.6) is 0 Å². The van der Waals surface area contributed by atoms with Gasteiger partial charge < -0.3 is 10.8 Å². The van der Waals surface area contributed by atoms with Crippen LogP contribution in [-0.4, -0.2) is 11.1 Å². The van der Waals surface area contributed by atoms with Crippen LogP contribution in [0.1, 0.15) is 27.9 Å². The molecule has 0 amide bonds. The summed E-state index contributed by atoms with van der Waals surface area (Å²) >= 11 is 0. The van der Waals surface area contributed by atoms with Crippen molar-refractivity contribution in [3.05, 3.63) is 34.9 Å². The minimum atomic E-state index is -2.78. The molecular formula is C9H9F2NO2. The second kappa shape index (κ2) is 4.15. The van der Waals surface area contributed by atoms with Gasteiger partial charge in [-0.15, -0.1) is 0 Å². The third kappa shape index (κ3) is 2.05. The number of aromatic carboxylic acids is 1. The molecule has 0 saturated heterocycles. The van der Waals surface area contributed by atoms with Crippen LogP contribution in [0.4, 0.5) is 8.78 Å². The van der Waals surface area contributed by atoms with Crippen molar-refractivity contribution in [3.63, 3.8) is 0 Å². The predicted octanol–water partition coefficient (Wildman–Crippen LogP) is 1.78. The third-order valence-electron chi connectivity index (χ3n) is 1.82. The second-order valence-corrected chi connectivity index (χ2v) is 2.73. The number of nitrogens with two attached hydrogens (primary N) is 1. The lowest BCUT2D eigenvalue weighted by Gasteiger charge is -2.06. The van der Waals surface area contributed by atoms with Crippen LogP contribution in [0, 0.1) is 0 Å². The monoisotopic (exact) mass is 201 g/mol. The lowest BCUT2D eigenvalue weighted by Crippen LogP contribution is -2.06. The first-order valence-electron chi connectivity index (χ1n) is 3.90. The van der Waals surface area contributed by atoms with Gasteiger partial charge >= 0.3 is 5.97 Å². The lowest BCUT2D eigenvalue weighted by atomic mass is 10.0. The van der Waals surface area contributed by atoms with Crippen LogP contribution in [-0.2, 0) is 6.54 Å². The molecule has 3 N–H and O–H groups in total. The highest BCUT2D eigenvalue weighted by molar-refractivity contribution is 5.89. The molecule has 1 aromatic rings. The Balaban J connectivity index is 3.24. The van der Waals surface area contributed by atoms with Gasteiger partial charge in [-0.2, -0.15) is 0 Å². The van der Waals surface area contributed by atoms with Gasteiger partial charge in [0, 0.05) is 12.1 Å². The van der Waals surface area contributed by atoms with E-state index in [9.17, 15) is 13.6 Å². The van der Waals surface area contributed by atoms with Crippen molar-refractivity contribution in [3.8, 4) is 0 Å². The Morgan fingerprint density at radius 1 is 1.50 bits per heavy atom. The SMILES string of the molecule is NCc1ccc(C(F)F)c(C(=O)O)c1. The van der Waals surface area contributed by atoms with Gasteiger partial charge in [0.1, 0.15) is 0 Å². The quantitative estimate of drug-likeness (QED) is 0.783. The number of hydrogen-bond acceptors (Lipinski definition) is 2. The number of rotatable bonds is 3. The number of carboxylic acid groups (broad SMARTS) is 1. The molecule has 0 unspecified atom stereocenters. The highest BCUT2D eigenvalue weighted by Crippen LogP contribution is 2.23. The third-order valence-corrected chi connectivity index (χ3v) is 1.82. The Kier molecular flexibility index (Phi) is 3.14. The molecule has 0 fully saturated rings. The molecule has 5 heteroatoms. The van der Waals surface area contributed by atoms with Crippen molar-refractivity contribution in [2.24, 2.45) is 5.73 Å². The van der Waals surface area contributed by atoms with Crippen LogP contribution < -0.4 is 5.73 Å². The predicted molar refractivity (Wildman–Crippen MR) is 46.2 cm³/mol. The van der Waals surface area contributed by atoms with E-state index in [1.54, 1.807) is 0 Å². The van der Waals surface area contributed by atoms with Crippen LogP contribution in [0.25, 0.3) is 0 Å². The normalized spacial score (nSPS) is 10.6. The standard InChI is InChI=1S/C9H9F2NO2/c10-8(11)6-2-1-5(4-12)3-7(6)9(13)14/h1-3,8H,4,12H2,(H,13,14). The first-order chi connectivity index (χ1) is 6.56. The van der Waals surface area contributed by atoms with Gasteiger partial charge in [-0.3, -0.25) is 0 Å². The average molecular weight is 201 g/mol. The van der Waals surface area contributed by atoms with E-state index in [0.717, 1.165) is 6.07 Å². The topological polar surface area (TPSA) is 63.3 Å². The van der Waals surface area contributed by atoms with Crippen molar-refractivity contribution in [2.75, 3.05) is 0 Å². The largest absolute Gasteiger partial charge is 0.478 e. The lowest BCUT2D eigenvalue weighted by molar-refractivity contribution is 0.0684. The van der Waals surface area contributed by atoms with E-state index in [1.807, 2.05) is 0 Å². The van der Waals surface area contributed by atoms with E-state index in [-0.39, 0.29) is 12.1 Å². The van der Waals surface area contributed by atoms with Gasteiger partial charge in [0.15, 0.2) is 0 Å². The fourth-order valence-corrected chi connectivity index (χ4v) is 1.11. The van der Waals surface area contributed by atoms with Crippen molar-refractivity contribution < 1.29 is 18.7 Å². The second-order valence-electron chi connectivity index (χ2n) is 2.73. The molecule has 0 heterocycles. The van der Waals surface area contributed by atoms with Crippen molar-refractivity contribution in [1.29, 1.82) is 0 Å². The van der Waals surface area contributed by atoms with E-state index in [0.29, 0.717) is 5.56 Å². The summed E-state index contributed by atoms with van der Waals surface area (Å²) in [6.45, 7) is 0.129. The summed E-state index contributed by atoms with van der Waals surface area (Å²) in [6.07, 6.45) is -2.78. The van der Waals surface area contributed by atoms with Crippen LogP contribution in [0.2, 0.25) is 0 Å². The number of hydrogen-bond donors (Lipinski definition) is 2. The highest BCUT2D eigenvalue weighted by Gasteiger charge is 2.17. The molecule has 0 aliphatic heterocycles. The zero-order valence-corrected chi connectivity index (χ0v) is 7.21. The first kappa shape index (κ1) is 10.6.